The molecule has 0 aliphatic carbocycles. The third-order valence-corrected chi connectivity index (χ3v) is 4.86. The van der Waals surface area contributed by atoms with E-state index >= 15 is 0 Å². The molecule has 2 unspecified atom stereocenters. The Labute approximate surface area is 124 Å². The van der Waals surface area contributed by atoms with E-state index in [4.69, 9.17) is 0 Å². The van der Waals surface area contributed by atoms with Gasteiger partial charge in [-0.15, -0.1) is 0 Å². The van der Waals surface area contributed by atoms with Crippen molar-refractivity contribution in [3.05, 3.63) is 30.0 Å². The molecule has 4 rings (SSSR count). The number of likely N-dealkylation sites (tertiary alicyclic amines) is 1. The van der Waals surface area contributed by atoms with Gasteiger partial charge >= 0.3 is 0 Å². The first kappa shape index (κ1) is 12.8. The molecular weight excluding hydrogens is 264 g/mol. The molecule has 2 atom stereocenters. The molecule has 3 heterocycles. The first-order valence-corrected chi connectivity index (χ1v) is 7.58. The maximum absolute atomic E-state index is 13.0. The van der Waals surface area contributed by atoms with Crippen LogP contribution in [0.2, 0.25) is 0 Å². The van der Waals surface area contributed by atoms with Crippen LogP contribution >= 0.6 is 0 Å². The fourth-order valence-corrected chi connectivity index (χ4v) is 3.94. The van der Waals surface area contributed by atoms with Crippen LogP contribution in [-0.4, -0.2) is 57.7 Å². The van der Waals surface area contributed by atoms with Crippen molar-refractivity contribution < 1.29 is 4.79 Å². The lowest BCUT2D eigenvalue weighted by Gasteiger charge is -2.39. The molecule has 2 aliphatic heterocycles. The Hall–Kier alpha value is -1.88. The molecule has 1 aromatic carbocycles. The third kappa shape index (κ3) is 1.87. The minimum absolute atomic E-state index is 0.104. The largest absolute Gasteiger partial charge is 0.329 e. The highest BCUT2D eigenvalue weighted by atomic mass is 16.2. The zero-order chi connectivity index (χ0) is 14.6. The first-order valence-electron chi connectivity index (χ1n) is 7.58. The van der Waals surface area contributed by atoms with Crippen LogP contribution in [0.4, 0.5) is 0 Å². The quantitative estimate of drug-likeness (QED) is 0.797. The van der Waals surface area contributed by atoms with Gasteiger partial charge in [0.25, 0.3) is 5.91 Å². The van der Waals surface area contributed by atoms with Gasteiger partial charge in [-0.25, -0.2) is 0 Å². The average molecular weight is 284 g/mol. The zero-order valence-corrected chi connectivity index (χ0v) is 12.5. The van der Waals surface area contributed by atoms with Gasteiger partial charge in [-0.05, 0) is 26.0 Å². The normalized spacial score (nSPS) is 25.7. The molecule has 2 aliphatic rings. The number of nitrogens with zero attached hydrogens (tertiary/aromatic N) is 4. The number of piperazine rings is 1. The lowest BCUT2D eigenvalue weighted by Crippen LogP contribution is -2.54. The highest BCUT2D eigenvalue weighted by Gasteiger charge is 2.42. The van der Waals surface area contributed by atoms with Crippen LogP contribution in [0, 0.1) is 0 Å². The molecule has 2 saturated heterocycles. The van der Waals surface area contributed by atoms with E-state index in [1.54, 1.807) is 4.68 Å². The van der Waals surface area contributed by atoms with Gasteiger partial charge in [0.05, 0.1) is 5.52 Å². The minimum Gasteiger partial charge on any atom is -0.329 e. The topological polar surface area (TPSA) is 41.4 Å². The number of rotatable bonds is 1. The van der Waals surface area contributed by atoms with Crippen LogP contribution in [0.15, 0.2) is 24.3 Å². The predicted molar refractivity (Wildman–Crippen MR) is 81.2 cm³/mol. The second-order valence-electron chi connectivity index (χ2n) is 6.31. The summed E-state index contributed by atoms with van der Waals surface area (Å²) in [6.45, 7) is 1.96. The maximum Gasteiger partial charge on any atom is 0.275 e. The predicted octanol–water partition coefficient (Wildman–Crippen LogP) is 1.49. The van der Waals surface area contributed by atoms with Crippen LogP contribution < -0.4 is 0 Å². The van der Waals surface area contributed by atoms with Crippen molar-refractivity contribution in [2.75, 3.05) is 20.1 Å². The molecule has 0 radical (unpaired) electrons. The van der Waals surface area contributed by atoms with Crippen molar-refractivity contribution in [3.63, 3.8) is 0 Å². The Balaban J connectivity index is 1.74. The molecule has 2 fully saturated rings. The molecule has 21 heavy (non-hydrogen) atoms. The van der Waals surface area contributed by atoms with Gasteiger partial charge in [0.2, 0.25) is 0 Å². The van der Waals surface area contributed by atoms with Crippen LogP contribution in [0.1, 0.15) is 23.3 Å². The fourth-order valence-electron chi connectivity index (χ4n) is 3.94. The number of fused-ring (bicyclic) bond motifs is 3. The van der Waals surface area contributed by atoms with Crippen molar-refractivity contribution in [2.24, 2.45) is 7.05 Å². The second kappa shape index (κ2) is 4.56. The number of carbonyl (C=O) groups excluding carboxylic acids is 1. The van der Waals surface area contributed by atoms with E-state index in [1.807, 2.05) is 31.3 Å². The van der Waals surface area contributed by atoms with Gasteiger partial charge in [-0.3, -0.25) is 9.48 Å². The number of aryl methyl sites for hydroxylation is 1. The number of hydrogen-bond acceptors (Lipinski definition) is 3. The van der Waals surface area contributed by atoms with E-state index < -0.39 is 0 Å². The van der Waals surface area contributed by atoms with Crippen molar-refractivity contribution >= 4 is 16.8 Å². The molecule has 110 valence electrons. The number of benzene rings is 1. The summed E-state index contributed by atoms with van der Waals surface area (Å²) in [4.78, 5) is 17.5. The number of carbonyl (C=O) groups is 1. The van der Waals surface area contributed by atoms with Crippen LogP contribution in [0.25, 0.3) is 10.9 Å². The molecule has 2 aromatic rings. The van der Waals surface area contributed by atoms with Crippen LogP contribution in [0.3, 0.4) is 0 Å². The van der Waals surface area contributed by atoms with E-state index in [-0.39, 0.29) is 5.91 Å². The maximum atomic E-state index is 13.0. The SMILES string of the molecule is CN1CC2CCC(C1)N2C(=O)c1nn(C)c2ccccc12. The second-order valence-corrected chi connectivity index (χ2v) is 6.31. The van der Waals surface area contributed by atoms with Crippen LogP contribution in [-0.2, 0) is 7.05 Å². The van der Waals surface area contributed by atoms with E-state index in [9.17, 15) is 4.79 Å². The van der Waals surface area contributed by atoms with Crippen molar-refractivity contribution in [1.29, 1.82) is 0 Å². The minimum atomic E-state index is 0.104. The summed E-state index contributed by atoms with van der Waals surface area (Å²) in [6.07, 6.45) is 2.23. The number of aromatic nitrogens is 2. The fraction of sp³-hybridized carbons (Fsp3) is 0.500. The molecule has 1 amide bonds. The lowest BCUT2D eigenvalue weighted by atomic mass is 10.1. The summed E-state index contributed by atoms with van der Waals surface area (Å²) in [6, 6.07) is 8.66. The van der Waals surface area contributed by atoms with E-state index in [0.717, 1.165) is 36.8 Å². The summed E-state index contributed by atoms with van der Waals surface area (Å²) in [7, 11) is 4.04. The summed E-state index contributed by atoms with van der Waals surface area (Å²) < 4.78 is 1.81. The van der Waals surface area contributed by atoms with Crippen molar-refractivity contribution in [2.45, 2.75) is 24.9 Å². The Morgan fingerprint density at radius 3 is 2.52 bits per heavy atom. The first-order chi connectivity index (χ1) is 10.1. The van der Waals surface area contributed by atoms with Crippen molar-refractivity contribution in [3.8, 4) is 0 Å². The molecule has 0 saturated carbocycles. The Morgan fingerprint density at radius 1 is 1.14 bits per heavy atom. The molecular formula is C16H20N4O. The summed E-state index contributed by atoms with van der Waals surface area (Å²) >= 11 is 0. The summed E-state index contributed by atoms with van der Waals surface area (Å²) in [5, 5.41) is 5.45. The van der Waals surface area contributed by atoms with Gasteiger partial charge in [0.1, 0.15) is 0 Å². The zero-order valence-electron chi connectivity index (χ0n) is 12.5. The average Bonchev–Trinajstić information content (AvgIpc) is 2.95. The van der Waals surface area contributed by atoms with E-state index in [1.165, 1.54) is 0 Å². The number of para-hydroxylation sites is 1. The standard InChI is InChI=1S/C16H20N4O/c1-18-9-11-7-8-12(10-18)20(11)16(21)15-13-5-3-4-6-14(13)19(2)17-15/h3-6,11-12H,7-10H2,1-2H3. The molecule has 1 aromatic heterocycles. The Kier molecular flexibility index (Phi) is 2.79. The van der Waals surface area contributed by atoms with E-state index in [2.05, 4.69) is 21.9 Å². The van der Waals surface area contributed by atoms with Gasteiger partial charge in [0, 0.05) is 37.6 Å². The summed E-state index contributed by atoms with van der Waals surface area (Å²) in [5.41, 5.74) is 1.62. The van der Waals surface area contributed by atoms with Crippen molar-refractivity contribution in [1.82, 2.24) is 19.6 Å². The van der Waals surface area contributed by atoms with Crippen LogP contribution in [0.5, 0.6) is 0 Å². The number of likely N-dealkylation sites (N-methyl/N-ethyl adjacent to an activating group) is 1. The smallest absolute Gasteiger partial charge is 0.275 e. The number of amides is 1. The molecule has 0 N–H and O–H groups in total. The van der Waals surface area contributed by atoms with Gasteiger partial charge < -0.3 is 9.80 Å². The Bertz CT molecular complexity index is 693. The molecule has 0 spiro atoms. The third-order valence-electron chi connectivity index (χ3n) is 4.86. The molecule has 5 heteroatoms. The van der Waals surface area contributed by atoms with E-state index in [0.29, 0.717) is 17.8 Å². The molecule has 5 nitrogen and oxygen atoms in total. The number of hydrogen-bond donors (Lipinski definition) is 0. The van der Waals surface area contributed by atoms with Gasteiger partial charge in [-0.1, -0.05) is 18.2 Å². The summed E-state index contributed by atoms with van der Waals surface area (Å²) in [5.74, 6) is 0.104. The molecule has 2 bridgehead atoms. The Morgan fingerprint density at radius 2 is 1.81 bits per heavy atom. The lowest BCUT2D eigenvalue weighted by molar-refractivity contribution is 0.0468. The highest BCUT2D eigenvalue weighted by molar-refractivity contribution is 6.05. The van der Waals surface area contributed by atoms with Gasteiger partial charge in [0.15, 0.2) is 5.69 Å². The van der Waals surface area contributed by atoms with Gasteiger partial charge in [-0.2, -0.15) is 5.10 Å². The monoisotopic (exact) mass is 284 g/mol. The highest BCUT2D eigenvalue weighted by Crippen LogP contribution is 2.32.